The number of quaternary nitrogens is 3. The lowest BCUT2D eigenvalue weighted by Gasteiger charge is -2.00. The second kappa shape index (κ2) is 33.8. The third-order valence-electron chi connectivity index (χ3n) is 2.91. The molecule has 0 fully saturated rings. The summed E-state index contributed by atoms with van der Waals surface area (Å²) in [5, 5.41) is 34.5. The summed E-state index contributed by atoms with van der Waals surface area (Å²) in [5.74, 6) is -3.00. The van der Waals surface area contributed by atoms with Crippen molar-refractivity contribution < 1.29 is 45.7 Å². The Morgan fingerprint density at radius 3 is 0.897 bits per heavy atom. The summed E-state index contributed by atoms with van der Waals surface area (Å²) in [6.45, 7) is 13.6. The van der Waals surface area contributed by atoms with Crippen molar-refractivity contribution in [2.24, 2.45) is 0 Å². The number of rotatable bonds is 15. The molecule has 0 aromatic carbocycles. The molecule has 0 bridgehead atoms. The molecule has 0 radical (unpaired) electrons. The van der Waals surface area contributed by atoms with E-state index in [0.29, 0.717) is 0 Å². The van der Waals surface area contributed by atoms with E-state index in [-0.39, 0.29) is 34.5 Å². The lowest BCUT2D eigenvalue weighted by atomic mass is 10.3. The molecular weight excluding hydrogens is 378 g/mol. The van der Waals surface area contributed by atoms with Gasteiger partial charge in [-0.3, -0.25) is 0 Å². The van der Waals surface area contributed by atoms with Gasteiger partial charge < -0.3 is 66.4 Å². The van der Waals surface area contributed by atoms with Crippen LogP contribution in [0.1, 0.15) is 53.4 Å². The van der Waals surface area contributed by atoms with Gasteiger partial charge in [0.15, 0.2) is 0 Å². The van der Waals surface area contributed by atoms with Gasteiger partial charge in [0, 0.05) is 0 Å². The summed E-state index contributed by atoms with van der Waals surface area (Å²) >= 11 is 0. The van der Waals surface area contributed by atoms with Gasteiger partial charge in [0.05, 0.1) is 37.5 Å². The van der Waals surface area contributed by atoms with Crippen LogP contribution in [0.15, 0.2) is 0 Å². The van der Waals surface area contributed by atoms with Gasteiger partial charge in [-0.25, -0.2) is 0 Å². The first-order chi connectivity index (χ1) is 12.8. The van der Waals surface area contributed by atoms with Gasteiger partial charge in [-0.2, -0.15) is 19.3 Å². The predicted molar refractivity (Wildman–Crippen MR) is 107 cm³/mol. The number of hydrogen-bond donors (Lipinski definition) is 3. The van der Waals surface area contributed by atoms with E-state index in [1.807, 2.05) is 0 Å². The maximum Gasteiger partial charge on any atom is 0.116 e. The molecule has 0 amide bonds. The van der Waals surface area contributed by atoms with Crippen LogP contribution < -0.4 is 31.3 Å². The van der Waals surface area contributed by atoms with E-state index in [1.165, 1.54) is 0 Å². The standard InChI is InChI=1S/3C6H12NO2.2CH4/c3*1-2-3-4-7-5-6(8)9;;/h3*7H,1-5H2,(H,8,9);2*1H4/q3*-1;;. The fourth-order valence-electron chi connectivity index (χ4n) is 1.53. The van der Waals surface area contributed by atoms with E-state index in [9.17, 15) is 29.7 Å². The van der Waals surface area contributed by atoms with Crippen LogP contribution in [0.2, 0.25) is 0 Å². The highest BCUT2D eigenvalue weighted by Crippen LogP contribution is 1.77. The molecule has 0 saturated carbocycles. The zero-order valence-corrected chi connectivity index (χ0v) is 16.3. The first-order valence-electron chi connectivity index (χ1n) is 9.23. The molecule has 178 valence electrons. The topological polar surface area (TPSA) is 170 Å². The Labute approximate surface area is 177 Å². The highest BCUT2D eigenvalue weighted by atomic mass is 16.4. The molecule has 0 saturated heterocycles. The minimum absolute atomic E-state index is 0. The molecule has 0 aromatic heterocycles. The van der Waals surface area contributed by atoms with Crippen LogP contribution in [0, 0.1) is 20.8 Å². The molecule has 0 aliphatic carbocycles. The van der Waals surface area contributed by atoms with Crippen LogP contribution >= 0.6 is 0 Å². The molecule has 9 nitrogen and oxygen atoms in total. The monoisotopic (exact) mass is 422 g/mol. The first kappa shape index (κ1) is 38.0. The molecule has 29 heavy (non-hydrogen) atoms. The Balaban J connectivity index is -0.0000000960. The minimum Gasteiger partial charge on any atom is -0.544 e. The van der Waals surface area contributed by atoms with E-state index in [0.717, 1.165) is 58.2 Å². The second-order valence-electron chi connectivity index (χ2n) is 5.58. The van der Waals surface area contributed by atoms with Crippen LogP contribution in [0.3, 0.4) is 0 Å². The Morgan fingerprint density at radius 2 is 0.759 bits per heavy atom. The summed E-state index contributed by atoms with van der Waals surface area (Å²) in [5.41, 5.74) is 0. The van der Waals surface area contributed by atoms with E-state index in [1.54, 1.807) is 16.0 Å². The normalized spacial score (nSPS) is 8.79. The predicted octanol–water partition coefficient (Wildman–Crippen LogP) is -4.99. The van der Waals surface area contributed by atoms with Crippen LogP contribution in [-0.4, -0.2) is 57.2 Å². The highest BCUT2D eigenvalue weighted by Gasteiger charge is 1.87. The van der Waals surface area contributed by atoms with E-state index >= 15 is 0 Å². The largest absolute Gasteiger partial charge is 0.544 e. The summed E-state index contributed by atoms with van der Waals surface area (Å²) in [6.07, 6.45) is 5.49. The zero-order valence-electron chi connectivity index (χ0n) is 16.3. The molecule has 0 spiro atoms. The van der Waals surface area contributed by atoms with Crippen molar-refractivity contribution in [3.63, 3.8) is 0 Å². The average molecular weight is 423 g/mol. The molecule has 0 aromatic rings. The quantitative estimate of drug-likeness (QED) is 0.176. The first-order valence-corrected chi connectivity index (χ1v) is 9.23. The molecule has 9 heteroatoms. The number of carboxylic acids is 3. The zero-order chi connectivity index (χ0) is 21.3. The van der Waals surface area contributed by atoms with Crippen LogP contribution in [0.4, 0.5) is 0 Å². The molecule has 0 atom stereocenters. The summed E-state index contributed by atoms with van der Waals surface area (Å²) in [4.78, 5) is 29.4. The summed E-state index contributed by atoms with van der Waals surface area (Å²) in [6, 6.07) is 0. The van der Waals surface area contributed by atoms with Gasteiger partial charge >= 0.3 is 0 Å². The minimum atomic E-state index is -1.00. The maximum absolute atomic E-state index is 9.80. The Morgan fingerprint density at radius 1 is 0.552 bits per heavy atom. The van der Waals surface area contributed by atoms with Crippen molar-refractivity contribution in [1.82, 2.24) is 0 Å². The molecule has 0 rings (SSSR count). The molecule has 0 heterocycles. The number of carbonyl (C=O) groups is 3. The fourth-order valence-corrected chi connectivity index (χ4v) is 1.53. The Hall–Kier alpha value is -1.71. The van der Waals surface area contributed by atoms with Gasteiger partial charge in [-0.05, 0) is 19.3 Å². The van der Waals surface area contributed by atoms with Crippen molar-refractivity contribution in [1.29, 1.82) is 0 Å². The Kier molecular flexibility index (Phi) is 44.3. The lowest BCUT2D eigenvalue weighted by Crippen LogP contribution is -2.87. The summed E-state index contributed by atoms with van der Waals surface area (Å²) in [7, 11) is 0. The third kappa shape index (κ3) is 58.5. The maximum atomic E-state index is 9.80. The number of unbranched alkanes of at least 4 members (excludes halogenated alkanes) is 3. The molecule has 6 N–H and O–H groups in total. The second-order valence-corrected chi connectivity index (χ2v) is 5.58. The average Bonchev–Trinajstić information content (AvgIpc) is 2.60. The SMILES string of the molecule is C.C.[CH2-]CCC[NH2+]CC(=O)[O-].[CH2-]CCC[NH2+]CC(=O)[O-].[CH2-]CCC[NH2+]CC(=O)[O-]. The van der Waals surface area contributed by atoms with Crippen molar-refractivity contribution >= 4 is 17.9 Å². The van der Waals surface area contributed by atoms with Gasteiger partial charge in [0.25, 0.3) is 0 Å². The van der Waals surface area contributed by atoms with Gasteiger partial charge in [0.2, 0.25) is 0 Å². The number of carboxylic acid groups (broad SMARTS) is 3. The van der Waals surface area contributed by atoms with Gasteiger partial charge in [-0.1, -0.05) is 14.9 Å². The molecular formula is C20H44N3O6-3. The third-order valence-corrected chi connectivity index (χ3v) is 2.91. The number of aliphatic carboxylic acids is 3. The van der Waals surface area contributed by atoms with E-state index in [4.69, 9.17) is 0 Å². The van der Waals surface area contributed by atoms with Crippen molar-refractivity contribution in [2.75, 3.05) is 39.3 Å². The summed E-state index contributed by atoms with van der Waals surface area (Å²) < 4.78 is 0. The van der Waals surface area contributed by atoms with Crippen molar-refractivity contribution in [2.45, 2.75) is 53.4 Å². The Bertz CT molecular complexity index is 303. The number of nitrogens with two attached hydrogens (primary N) is 3. The van der Waals surface area contributed by atoms with E-state index in [2.05, 4.69) is 20.8 Å². The number of hydrogen-bond acceptors (Lipinski definition) is 6. The number of carbonyl (C=O) groups excluding carboxylic acids is 3. The van der Waals surface area contributed by atoms with Crippen LogP contribution in [0.25, 0.3) is 0 Å². The van der Waals surface area contributed by atoms with Crippen molar-refractivity contribution in [3.05, 3.63) is 20.8 Å². The smallest absolute Gasteiger partial charge is 0.116 e. The van der Waals surface area contributed by atoms with Crippen LogP contribution in [0.5, 0.6) is 0 Å². The van der Waals surface area contributed by atoms with E-state index < -0.39 is 17.9 Å². The van der Waals surface area contributed by atoms with Gasteiger partial charge in [0.1, 0.15) is 19.6 Å². The molecule has 0 unspecified atom stereocenters. The molecule has 0 aliphatic heterocycles. The highest BCUT2D eigenvalue weighted by molar-refractivity contribution is 5.65. The lowest BCUT2D eigenvalue weighted by molar-refractivity contribution is -0.650. The molecule has 0 aliphatic rings. The fraction of sp³-hybridized carbons (Fsp3) is 0.700. The van der Waals surface area contributed by atoms with Gasteiger partial charge in [-0.15, -0.1) is 0 Å². The van der Waals surface area contributed by atoms with Crippen molar-refractivity contribution in [3.8, 4) is 0 Å². The van der Waals surface area contributed by atoms with Crippen LogP contribution in [-0.2, 0) is 14.4 Å².